The Bertz CT molecular complexity index is 331. The zero-order valence-electron chi connectivity index (χ0n) is 9.12. The van der Waals surface area contributed by atoms with Crippen LogP contribution in [0, 0.1) is 0 Å². The number of imidazole rings is 1. The predicted octanol–water partition coefficient (Wildman–Crippen LogP) is 0.179. The Balaban J connectivity index is 1.71. The lowest BCUT2D eigenvalue weighted by Crippen LogP contribution is -2.48. The van der Waals surface area contributed by atoms with Crippen LogP contribution in [0.1, 0.15) is 0 Å². The monoisotopic (exact) mass is 224 g/mol. The summed E-state index contributed by atoms with van der Waals surface area (Å²) in [6.07, 6.45) is 4.69. The van der Waals surface area contributed by atoms with Crippen molar-refractivity contribution in [1.82, 2.24) is 19.4 Å². The molecule has 1 N–H and O–H groups in total. The van der Waals surface area contributed by atoms with E-state index in [1.54, 1.807) is 12.5 Å². The lowest BCUT2D eigenvalue weighted by molar-refractivity contribution is 0.104. The molecule has 0 saturated carbocycles. The maximum atomic E-state index is 10.7. The smallest absolute Gasteiger partial charge is 0.407 e. The number of rotatable bonds is 3. The molecule has 1 aliphatic heterocycles. The molecule has 6 nitrogen and oxygen atoms in total. The van der Waals surface area contributed by atoms with Crippen molar-refractivity contribution >= 4 is 6.09 Å². The highest BCUT2D eigenvalue weighted by molar-refractivity contribution is 5.65. The number of hydrogen-bond acceptors (Lipinski definition) is 3. The number of nitrogens with zero attached hydrogens (tertiary/aromatic N) is 4. The summed E-state index contributed by atoms with van der Waals surface area (Å²) in [6.45, 7) is 4.72. The van der Waals surface area contributed by atoms with Gasteiger partial charge in [-0.2, -0.15) is 0 Å². The summed E-state index contributed by atoms with van der Waals surface area (Å²) >= 11 is 0. The van der Waals surface area contributed by atoms with E-state index in [0.29, 0.717) is 13.1 Å². The van der Waals surface area contributed by atoms with Gasteiger partial charge in [0.1, 0.15) is 0 Å². The molecule has 2 rings (SSSR count). The van der Waals surface area contributed by atoms with Crippen molar-refractivity contribution in [1.29, 1.82) is 0 Å². The van der Waals surface area contributed by atoms with Crippen molar-refractivity contribution in [3.05, 3.63) is 18.7 Å². The van der Waals surface area contributed by atoms with Gasteiger partial charge in [-0.15, -0.1) is 0 Å². The number of aromatic nitrogens is 2. The summed E-state index contributed by atoms with van der Waals surface area (Å²) in [7, 11) is 0. The SMILES string of the molecule is O=C(O)N1CCN(CCn2ccnc2)CC1. The summed E-state index contributed by atoms with van der Waals surface area (Å²) in [5.74, 6) is 0. The third-order valence-corrected chi connectivity index (χ3v) is 2.88. The van der Waals surface area contributed by atoms with Gasteiger partial charge in [-0.25, -0.2) is 9.78 Å². The van der Waals surface area contributed by atoms with E-state index in [1.807, 2.05) is 10.8 Å². The predicted molar refractivity (Wildman–Crippen MR) is 58.3 cm³/mol. The first-order chi connectivity index (χ1) is 7.75. The first kappa shape index (κ1) is 10.9. The average molecular weight is 224 g/mol. The molecule has 0 aliphatic carbocycles. The van der Waals surface area contributed by atoms with E-state index < -0.39 is 6.09 Å². The standard InChI is InChI=1S/C10H16N4O2/c15-10(16)14-7-5-12(6-8-14)3-4-13-2-1-11-9-13/h1-2,9H,3-8H2,(H,15,16). The van der Waals surface area contributed by atoms with Gasteiger partial charge in [0.05, 0.1) is 6.33 Å². The second-order valence-electron chi connectivity index (χ2n) is 3.91. The van der Waals surface area contributed by atoms with E-state index in [2.05, 4.69) is 9.88 Å². The molecule has 88 valence electrons. The molecule has 0 bridgehead atoms. The van der Waals surface area contributed by atoms with Gasteiger partial charge in [0.15, 0.2) is 0 Å². The zero-order valence-corrected chi connectivity index (χ0v) is 9.12. The fourth-order valence-electron chi connectivity index (χ4n) is 1.84. The average Bonchev–Trinajstić information content (AvgIpc) is 2.80. The molecule has 1 aromatic rings. The minimum atomic E-state index is -0.811. The molecule has 0 unspecified atom stereocenters. The van der Waals surface area contributed by atoms with E-state index in [4.69, 9.17) is 5.11 Å². The summed E-state index contributed by atoms with van der Waals surface area (Å²) in [6, 6.07) is 0. The van der Waals surface area contributed by atoms with Gasteiger partial charge in [0.25, 0.3) is 0 Å². The minimum Gasteiger partial charge on any atom is -0.465 e. The minimum absolute atomic E-state index is 0.610. The van der Waals surface area contributed by atoms with E-state index in [-0.39, 0.29) is 0 Å². The van der Waals surface area contributed by atoms with Crippen molar-refractivity contribution < 1.29 is 9.90 Å². The van der Waals surface area contributed by atoms with E-state index in [1.165, 1.54) is 4.90 Å². The summed E-state index contributed by atoms with van der Waals surface area (Å²) in [5, 5.41) is 8.80. The molecule has 6 heteroatoms. The van der Waals surface area contributed by atoms with Gasteiger partial charge in [-0.05, 0) is 0 Å². The molecule has 1 fully saturated rings. The molecule has 0 aromatic carbocycles. The normalized spacial score (nSPS) is 17.6. The van der Waals surface area contributed by atoms with Crippen LogP contribution in [0.2, 0.25) is 0 Å². The van der Waals surface area contributed by atoms with Crippen LogP contribution in [-0.2, 0) is 6.54 Å². The number of amides is 1. The van der Waals surface area contributed by atoms with Crippen LogP contribution in [0.25, 0.3) is 0 Å². The third kappa shape index (κ3) is 2.73. The van der Waals surface area contributed by atoms with Gasteiger partial charge < -0.3 is 14.6 Å². The summed E-state index contributed by atoms with van der Waals surface area (Å²) in [4.78, 5) is 18.4. The van der Waals surface area contributed by atoms with E-state index >= 15 is 0 Å². The van der Waals surface area contributed by atoms with E-state index in [0.717, 1.165) is 26.2 Å². The molecule has 1 saturated heterocycles. The van der Waals surface area contributed by atoms with Crippen LogP contribution in [-0.4, -0.2) is 63.3 Å². The van der Waals surface area contributed by atoms with Crippen molar-refractivity contribution in [2.24, 2.45) is 0 Å². The van der Waals surface area contributed by atoms with Crippen molar-refractivity contribution in [3.8, 4) is 0 Å². The first-order valence-corrected chi connectivity index (χ1v) is 5.41. The Morgan fingerprint density at radius 1 is 1.25 bits per heavy atom. The van der Waals surface area contributed by atoms with Crippen LogP contribution < -0.4 is 0 Å². The quantitative estimate of drug-likeness (QED) is 0.795. The second-order valence-corrected chi connectivity index (χ2v) is 3.91. The van der Waals surface area contributed by atoms with Crippen molar-refractivity contribution in [2.75, 3.05) is 32.7 Å². The topological polar surface area (TPSA) is 61.6 Å². The molecule has 1 aliphatic rings. The molecular formula is C10H16N4O2. The van der Waals surface area contributed by atoms with Gasteiger partial charge in [0, 0.05) is 51.7 Å². The Labute approximate surface area is 94.1 Å². The van der Waals surface area contributed by atoms with Crippen molar-refractivity contribution in [2.45, 2.75) is 6.54 Å². The summed E-state index contributed by atoms with van der Waals surface area (Å²) < 4.78 is 2.03. The largest absolute Gasteiger partial charge is 0.465 e. The third-order valence-electron chi connectivity index (χ3n) is 2.88. The molecule has 1 aromatic heterocycles. The number of carbonyl (C=O) groups is 1. The molecule has 0 atom stereocenters. The first-order valence-electron chi connectivity index (χ1n) is 5.41. The Morgan fingerprint density at radius 3 is 2.56 bits per heavy atom. The molecule has 0 radical (unpaired) electrons. The van der Waals surface area contributed by atoms with Crippen molar-refractivity contribution in [3.63, 3.8) is 0 Å². The molecular weight excluding hydrogens is 208 g/mol. The maximum absolute atomic E-state index is 10.7. The molecule has 16 heavy (non-hydrogen) atoms. The van der Waals surface area contributed by atoms with Crippen LogP contribution in [0.5, 0.6) is 0 Å². The van der Waals surface area contributed by atoms with Crippen LogP contribution in [0.4, 0.5) is 4.79 Å². The number of carboxylic acid groups (broad SMARTS) is 1. The van der Waals surface area contributed by atoms with Gasteiger partial charge in [-0.3, -0.25) is 4.90 Å². The maximum Gasteiger partial charge on any atom is 0.407 e. The van der Waals surface area contributed by atoms with Crippen LogP contribution in [0.3, 0.4) is 0 Å². The van der Waals surface area contributed by atoms with Crippen LogP contribution >= 0.6 is 0 Å². The fraction of sp³-hybridized carbons (Fsp3) is 0.600. The van der Waals surface area contributed by atoms with Gasteiger partial charge in [0.2, 0.25) is 0 Å². The highest BCUT2D eigenvalue weighted by atomic mass is 16.4. The highest BCUT2D eigenvalue weighted by Crippen LogP contribution is 2.02. The number of piperazine rings is 1. The Morgan fingerprint density at radius 2 is 2.00 bits per heavy atom. The van der Waals surface area contributed by atoms with E-state index in [9.17, 15) is 4.79 Å². The van der Waals surface area contributed by atoms with Crippen LogP contribution in [0.15, 0.2) is 18.7 Å². The fourth-order valence-corrected chi connectivity index (χ4v) is 1.84. The number of hydrogen-bond donors (Lipinski definition) is 1. The van der Waals surface area contributed by atoms with Gasteiger partial charge in [-0.1, -0.05) is 0 Å². The lowest BCUT2D eigenvalue weighted by atomic mass is 10.3. The summed E-state index contributed by atoms with van der Waals surface area (Å²) in [5.41, 5.74) is 0. The molecule has 1 amide bonds. The lowest BCUT2D eigenvalue weighted by Gasteiger charge is -2.32. The molecule has 2 heterocycles. The van der Waals surface area contributed by atoms with Gasteiger partial charge >= 0.3 is 6.09 Å². The Kier molecular flexibility index (Phi) is 3.40. The zero-order chi connectivity index (χ0) is 11.4. The Hall–Kier alpha value is -1.56. The highest BCUT2D eigenvalue weighted by Gasteiger charge is 2.19. The second kappa shape index (κ2) is 4.98. The molecule has 0 spiro atoms.